The summed E-state index contributed by atoms with van der Waals surface area (Å²) in [5, 5.41) is 7.12. The van der Waals surface area contributed by atoms with Gasteiger partial charge in [0.15, 0.2) is 0 Å². The highest BCUT2D eigenvalue weighted by Gasteiger charge is 2.09. The lowest BCUT2D eigenvalue weighted by Crippen LogP contribution is -2.25. The summed E-state index contributed by atoms with van der Waals surface area (Å²) in [4.78, 5) is 6.29. The van der Waals surface area contributed by atoms with E-state index in [4.69, 9.17) is 5.73 Å². The molecule has 0 saturated carbocycles. The number of H-pyrrole nitrogens is 1. The third-order valence-electron chi connectivity index (χ3n) is 2.62. The van der Waals surface area contributed by atoms with E-state index in [0.29, 0.717) is 6.54 Å². The van der Waals surface area contributed by atoms with Gasteiger partial charge in [0.1, 0.15) is 0 Å². The second kappa shape index (κ2) is 5.56. The van der Waals surface area contributed by atoms with Crippen molar-refractivity contribution in [3.63, 3.8) is 0 Å². The van der Waals surface area contributed by atoms with Gasteiger partial charge in [-0.05, 0) is 19.2 Å². The molecule has 0 fully saturated rings. The summed E-state index contributed by atoms with van der Waals surface area (Å²) in [6, 6.07) is 3.94. The number of aromatic amines is 1. The molecule has 17 heavy (non-hydrogen) atoms. The standard InChI is InChI=1S/C12H17N5/c1-17(6-4-13)9-11-8-15-16-12(11)10-3-2-5-14-7-10/h2-3,5,7-8H,4,6,9,13H2,1H3,(H,15,16). The van der Waals surface area contributed by atoms with E-state index in [1.807, 2.05) is 31.6 Å². The smallest absolute Gasteiger partial charge is 0.0710 e. The van der Waals surface area contributed by atoms with Gasteiger partial charge in [-0.1, -0.05) is 0 Å². The molecule has 90 valence electrons. The summed E-state index contributed by atoms with van der Waals surface area (Å²) in [6.45, 7) is 2.37. The van der Waals surface area contributed by atoms with Crippen molar-refractivity contribution in [1.29, 1.82) is 0 Å². The molecule has 5 nitrogen and oxygen atoms in total. The highest BCUT2D eigenvalue weighted by molar-refractivity contribution is 5.61. The highest BCUT2D eigenvalue weighted by Crippen LogP contribution is 2.20. The number of nitrogens with zero attached hydrogens (tertiary/aromatic N) is 3. The van der Waals surface area contributed by atoms with E-state index in [9.17, 15) is 0 Å². The van der Waals surface area contributed by atoms with Crippen LogP contribution in [0, 0.1) is 0 Å². The molecule has 0 atom stereocenters. The molecule has 5 heteroatoms. The third-order valence-corrected chi connectivity index (χ3v) is 2.62. The van der Waals surface area contributed by atoms with Crippen molar-refractivity contribution in [1.82, 2.24) is 20.1 Å². The molecule has 0 saturated heterocycles. The fourth-order valence-electron chi connectivity index (χ4n) is 1.78. The second-order valence-corrected chi connectivity index (χ2v) is 4.04. The fraction of sp³-hybridized carbons (Fsp3) is 0.333. The van der Waals surface area contributed by atoms with Gasteiger partial charge in [0.2, 0.25) is 0 Å². The van der Waals surface area contributed by atoms with E-state index in [1.54, 1.807) is 6.20 Å². The number of hydrogen-bond donors (Lipinski definition) is 2. The van der Waals surface area contributed by atoms with Gasteiger partial charge in [-0.25, -0.2) is 0 Å². The second-order valence-electron chi connectivity index (χ2n) is 4.04. The number of pyridine rings is 1. The molecule has 0 aliphatic rings. The van der Waals surface area contributed by atoms with Crippen LogP contribution in [-0.4, -0.2) is 40.2 Å². The molecule has 0 aliphatic heterocycles. The Morgan fingerprint density at radius 3 is 3.00 bits per heavy atom. The number of likely N-dealkylation sites (N-methyl/N-ethyl adjacent to an activating group) is 1. The fourth-order valence-corrected chi connectivity index (χ4v) is 1.78. The molecule has 3 N–H and O–H groups in total. The van der Waals surface area contributed by atoms with Crippen LogP contribution in [0.1, 0.15) is 5.56 Å². The number of nitrogens with one attached hydrogen (secondary N) is 1. The Hall–Kier alpha value is -1.72. The van der Waals surface area contributed by atoms with Crippen LogP contribution in [0.25, 0.3) is 11.3 Å². The summed E-state index contributed by atoms with van der Waals surface area (Å²) in [5.41, 5.74) is 8.78. The van der Waals surface area contributed by atoms with E-state index in [1.165, 1.54) is 0 Å². The van der Waals surface area contributed by atoms with Crippen LogP contribution in [0.2, 0.25) is 0 Å². The van der Waals surface area contributed by atoms with Crippen LogP contribution in [0.15, 0.2) is 30.7 Å². The van der Waals surface area contributed by atoms with Gasteiger partial charge < -0.3 is 10.6 Å². The van der Waals surface area contributed by atoms with Gasteiger partial charge in [-0.3, -0.25) is 10.1 Å². The SMILES string of the molecule is CN(CCN)Cc1cn[nH]c1-c1cccnc1. The molecule has 2 aromatic rings. The molecule has 2 rings (SSSR count). The van der Waals surface area contributed by atoms with Crippen molar-refractivity contribution in [2.45, 2.75) is 6.54 Å². The Morgan fingerprint density at radius 2 is 2.29 bits per heavy atom. The van der Waals surface area contributed by atoms with Gasteiger partial charge in [0, 0.05) is 43.2 Å². The van der Waals surface area contributed by atoms with Crippen LogP contribution >= 0.6 is 0 Å². The molecule has 0 aromatic carbocycles. The Morgan fingerprint density at radius 1 is 1.41 bits per heavy atom. The number of nitrogens with two attached hydrogens (primary N) is 1. The average Bonchev–Trinajstić information content (AvgIpc) is 2.78. The summed E-state index contributed by atoms with van der Waals surface area (Å²) >= 11 is 0. The third kappa shape index (κ3) is 2.89. The predicted octanol–water partition coefficient (Wildman–Crippen LogP) is 0.862. The van der Waals surface area contributed by atoms with Crippen molar-refractivity contribution in [3.05, 3.63) is 36.3 Å². The predicted molar refractivity (Wildman–Crippen MR) is 67.2 cm³/mol. The zero-order valence-electron chi connectivity index (χ0n) is 9.93. The lowest BCUT2D eigenvalue weighted by Gasteiger charge is -2.15. The molecule has 0 aliphatic carbocycles. The van der Waals surface area contributed by atoms with Gasteiger partial charge in [0.05, 0.1) is 11.9 Å². The van der Waals surface area contributed by atoms with Crippen LogP contribution < -0.4 is 5.73 Å². The van der Waals surface area contributed by atoms with Crippen molar-refractivity contribution >= 4 is 0 Å². The number of aromatic nitrogens is 3. The maximum absolute atomic E-state index is 5.53. The first-order chi connectivity index (χ1) is 8.31. The van der Waals surface area contributed by atoms with E-state index in [2.05, 4.69) is 20.1 Å². The zero-order chi connectivity index (χ0) is 12.1. The Balaban J connectivity index is 2.18. The normalized spacial score (nSPS) is 11.0. The van der Waals surface area contributed by atoms with Crippen molar-refractivity contribution in [2.24, 2.45) is 5.73 Å². The van der Waals surface area contributed by atoms with E-state index >= 15 is 0 Å². The van der Waals surface area contributed by atoms with Gasteiger partial charge in [-0.15, -0.1) is 0 Å². The molecule has 2 aromatic heterocycles. The molecule has 0 amide bonds. The lowest BCUT2D eigenvalue weighted by atomic mass is 10.1. The Labute approximate surface area is 101 Å². The van der Waals surface area contributed by atoms with Crippen LogP contribution in [-0.2, 0) is 6.54 Å². The maximum atomic E-state index is 5.53. The quantitative estimate of drug-likeness (QED) is 0.800. The van der Waals surface area contributed by atoms with Gasteiger partial charge in [0.25, 0.3) is 0 Å². The monoisotopic (exact) mass is 231 g/mol. The van der Waals surface area contributed by atoms with Crippen molar-refractivity contribution in [2.75, 3.05) is 20.1 Å². The molecule has 0 bridgehead atoms. The molecule has 0 radical (unpaired) electrons. The lowest BCUT2D eigenvalue weighted by molar-refractivity contribution is 0.337. The molecule has 2 heterocycles. The Bertz CT molecular complexity index is 451. The molecular weight excluding hydrogens is 214 g/mol. The first-order valence-corrected chi connectivity index (χ1v) is 5.62. The minimum Gasteiger partial charge on any atom is -0.329 e. The zero-order valence-corrected chi connectivity index (χ0v) is 9.93. The van der Waals surface area contributed by atoms with Gasteiger partial charge >= 0.3 is 0 Å². The largest absolute Gasteiger partial charge is 0.329 e. The highest BCUT2D eigenvalue weighted by atomic mass is 15.1. The summed E-state index contributed by atoms with van der Waals surface area (Å²) < 4.78 is 0. The maximum Gasteiger partial charge on any atom is 0.0710 e. The van der Waals surface area contributed by atoms with Crippen LogP contribution in [0.5, 0.6) is 0 Å². The average molecular weight is 231 g/mol. The molecule has 0 spiro atoms. The van der Waals surface area contributed by atoms with Gasteiger partial charge in [-0.2, -0.15) is 5.10 Å². The van der Waals surface area contributed by atoms with E-state index in [0.717, 1.165) is 29.9 Å². The van der Waals surface area contributed by atoms with Crippen LogP contribution in [0.3, 0.4) is 0 Å². The minimum absolute atomic E-state index is 0.663. The first kappa shape index (κ1) is 11.8. The van der Waals surface area contributed by atoms with Crippen molar-refractivity contribution < 1.29 is 0 Å². The molecule has 0 unspecified atom stereocenters. The number of rotatable bonds is 5. The minimum atomic E-state index is 0.663. The molecular formula is C12H17N5. The Kier molecular flexibility index (Phi) is 3.85. The number of hydrogen-bond acceptors (Lipinski definition) is 4. The summed E-state index contributed by atoms with van der Waals surface area (Å²) in [7, 11) is 2.05. The van der Waals surface area contributed by atoms with E-state index < -0.39 is 0 Å². The van der Waals surface area contributed by atoms with E-state index in [-0.39, 0.29) is 0 Å². The first-order valence-electron chi connectivity index (χ1n) is 5.62. The summed E-state index contributed by atoms with van der Waals surface area (Å²) in [5.74, 6) is 0. The topological polar surface area (TPSA) is 70.8 Å². The summed E-state index contributed by atoms with van der Waals surface area (Å²) in [6.07, 6.45) is 5.45. The van der Waals surface area contributed by atoms with Crippen molar-refractivity contribution in [3.8, 4) is 11.3 Å². The van der Waals surface area contributed by atoms with Crippen LogP contribution in [0.4, 0.5) is 0 Å².